The lowest BCUT2D eigenvalue weighted by molar-refractivity contribution is -0.115. The monoisotopic (exact) mass is 267 g/mol. The Morgan fingerprint density at radius 1 is 0.850 bits per heavy atom. The van der Waals surface area contributed by atoms with Crippen LogP contribution in [0, 0.1) is 0 Å². The van der Waals surface area contributed by atoms with E-state index in [-0.39, 0.29) is 11.3 Å². The molecule has 0 aliphatic heterocycles. The number of nitrogens with zero attached hydrogens (tertiary/aromatic N) is 1. The van der Waals surface area contributed by atoms with Crippen LogP contribution < -0.4 is 4.90 Å². The Bertz CT molecular complexity index is 579. The van der Waals surface area contributed by atoms with Gasteiger partial charge in [0.25, 0.3) is 0 Å². The van der Waals surface area contributed by atoms with E-state index in [1.54, 1.807) is 11.8 Å². The Balaban J connectivity index is 2.39. The normalized spacial score (nSPS) is 11.2. The van der Waals surface area contributed by atoms with Crippen LogP contribution in [0.4, 0.5) is 11.4 Å². The van der Waals surface area contributed by atoms with Crippen LogP contribution in [0.25, 0.3) is 0 Å². The topological polar surface area (TPSA) is 20.3 Å². The van der Waals surface area contributed by atoms with E-state index in [1.807, 2.05) is 42.5 Å². The van der Waals surface area contributed by atoms with E-state index >= 15 is 0 Å². The molecule has 0 atom stereocenters. The Morgan fingerprint density at radius 2 is 1.35 bits per heavy atom. The maximum absolute atomic E-state index is 12.0. The average Bonchev–Trinajstić information content (AvgIpc) is 2.39. The number of carbonyl (C=O) groups is 1. The Hall–Kier alpha value is -2.09. The predicted octanol–water partition coefficient (Wildman–Crippen LogP) is 4.67. The van der Waals surface area contributed by atoms with Crippen molar-refractivity contribution < 1.29 is 4.79 Å². The summed E-state index contributed by atoms with van der Waals surface area (Å²) in [6, 6.07) is 17.9. The lowest BCUT2D eigenvalue weighted by Gasteiger charge is -2.24. The Kier molecular flexibility index (Phi) is 3.93. The van der Waals surface area contributed by atoms with E-state index in [2.05, 4.69) is 32.9 Å². The van der Waals surface area contributed by atoms with Crippen molar-refractivity contribution in [3.63, 3.8) is 0 Å². The van der Waals surface area contributed by atoms with Crippen LogP contribution >= 0.6 is 0 Å². The zero-order valence-electron chi connectivity index (χ0n) is 12.6. The zero-order chi connectivity index (χ0) is 14.8. The summed E-state index contributed by atoms with van der Waals surface area (Å²) >= 11 is 0. The number of carbonyl (C=O) groups excluding carboxylic acids is 1. The van der Waals surface area contributed by atoms with Gasteiger partial charge in [0.15, 0.2) is 0 Å². The minimum atomic E-state index is 0.0136. The van der Waals surface area contributed by atoms with Crippen molar-refractivity contribution in [1.29, 1.82) is 0 Å². The summed E-state index contributed by atoms with van der Waals surface area (Å²) in [4.78, 5) is 13.7. The molecule has 0 radical (unpaired) electrons. The summed E-state index contributed by atoms with van der Waals surface area (Å²) in [7, 11) is 0. The third kappa shape index (κ3) is 3.08. The third-order valence-corrected chi connectivity index (χ3v) is 3.32. The van der Waals surface area contributed by atoms with E-state index in [1.165, 1.54) is 5.56 Å². The van der Waals surface area contributed by atoms with Crippen LogP contribution in [-0.4, -0.2) is 5.91 Å². The second-order valence-corrected chi connectivity index (χ2v) is 5.99. The van der Waals surface area contributed by atoms with Crippen LogP contribution in [-0.2, 0) is 10.2 Å². The van der Waals surface area contributed by atoms with Gasteiger partial charge in [-0.15, -0.1) is 0 Å². The first-order valence-corrected chi connectivity index (χ1v) is 6.86. The molecule has 2 nitrogen and oxygen atoms in total. The molecule has 0 aliphatic carbocycles. The van der Waals surface area contributed by atoms with Gasteiger partial charge in [0.1, 0.15) is 0 Å². The first-order chi connectivity index (χ1) is 9.39. The number of rotatable bonds is 2. The van der Waals surface area contributed by atoms with E-state index in [9.17, 15) is 4.79 Å². The third-order valence-electron chi connectivity index (χ3n) is 3.32. The first-order valence-electron chi connectivity index (χ1n) is 6.86. The molecule has 0 fully saturated rings. The molecule has 2 heteroatoms. The molecule has 0 aromatic heterocycles. The van der Waals surface area contributed by atoms with Gasteiger partial charge in [0, 0.05) is 18.3 Å². The van der Waals surface area contributed by atoms with E-state index in [0.29, 0.717) is 0 Å². The molecule has 2 rings (SSSR count). The smallest absolute Gasteiger partial charge is 0.228 e. The standard InChI is InChI=1S/C18H21NO/c1-14(20)19(16-8-6-5-7-9-16)17-12-10-15(11-13-17)18(2,3)4/h5-13H,1-4H3. The summed E-state index contributed by atoms with van der Waals surface area (Å²) in [5, 5.41) is 0. The molecular formula is C18H21NO. The summed E-state index contributed by atoms with van der Waals surface area (Å²) in [5.41, 5.74) is 3.17. The number of anilines is 2. The fraction of sp³-hybridized carbons (Fsp3) is 0.278. The maximum Gasteiger partial charge on any atom is 0.228 e. The van der Waals surface area contributed by atoms with Gasteiger partial charge < -0.3 is 0 Å². The highest BCUT2D eigenvalue weighted by Gasteiger charge is 2.16. The Labute approximate surface area is 121 Å². The summed E-state index contributed by atoms with van der Waals surface area (Å²) in [6.07, 6.45) is 0. The highest BCUT2D eigenvalue weighted by Crippen LogP contribution is 2.29. The number of amides is 1. The average molecular weight is 267 g/mol. The number of hydrogen-bond acceptors (Lipinski definition) is 1. The first kappa shape index (κ1) is 14.3. The van der Waals surface area contributed by atoms with Crippen LogP contribution in [0.2, 0.25) is 0 Å². The lowest BCUT2D eigenvalue weighted by atomic mass is 9.87. The van der Waals surface area contributed by atoms with Gasteiger partial charge in [-0.1, -0.05) is 51.1 Å². The molecule has 104 valence electrons. The quantitative estimate of drug-likeness (QED) is 0.774. The van der Waals surface area contributed by atoms with Crippen LogP contribution in [0.1, 0.15) is 33.3 Å². The molecule has 0 saturated heterocycles. The van der Waals surface area contributed by atoms with E-state index < -0.39 is 0 Å². The summed E-state index contributed by atoms with van der Waals surface area (Å²) in [5.74, 6) is 0.0136. The van der Waals surface area contributed by atoms with Crippen molar-refractivity contribution in [2.45, 2.75) is 33.1 Å². The molecule has 0 spiro atoms. The number of benzene rings is 2. The fourth-order valence-corrected chi connectivity index (χ4v) is 2.20. The van der Waals surface area contributed by atoms with Crippen LogP contribution in [0.5, 0.6) is 0 Å². The van der Waals surface area contributed by atoms with Crippen molar-refractivity contribution >= 4 is 17.3 Å². The molecule has 0 heterocycles. The molecule has 1 amide bonds. The number of hydrogen-bond donors (Lipinski definition) is 0. The predicted molar refractivity (Wildman–Crippen MR) is 84.4 cm³/mol. The van der Waals surface area contributed by atoms with Crippen molar-refractivity contribution in [2.75, 3.05) is 4.90 Å². The van der Waals surface area contributed by atoms with Gasteiger partial charge in [-0.25, -0.2) is 0 Å². The van der Waals surface area contributed by atoms with Crippen molar-refractivity contribution in [3.8, 4) is 0 Å². The van der Waals surface area contributed by atoms with Gasteiger partial charge in [-0.05, 0) is 35.2 Å². The van der Waals surface area contributed by atoms with Gasteiger partial charge in [0.2, 0.25) is 5.91 Å². The van der Waals surface area contributed by atoms with Gasteiger partial charge in [-0.2, -0.15) is 0 Å². The molecule has 0 unspecified atom stereocenters. The van der Waals surface area contributed by atoms with Crippen molar-refractivity contribution in [2.24, 2.45) is 0 Å². The van der Waals surface area contributed by atoms with E-state index in [0.717, 1.165) is 11.4 Å². The van der Waals surface area contributed by atoms with Crippen molar-refractivity contribution in [3.05, 3.63) is 60.2 Å². The molecule has 0 N–H and O–H groups in total. The largest absolute Gasteiger partial charge is 0.281 e. The van der Waals surface area contributed by atoms with Gasteiger partial charge in [0.05, 0.1) is 0 Å². The minimum absolute atomic E-state index is 0.0136. The summed E-state index contributed by atoms with van der Waals surface area (Å²) in [6.45, 7) is 8.14. The molecule has 2 aromatic carbocycles. The van der Waals surface area contributed by atoms with Gasteiger partial charge in [-0.3, -0.25) is 9.69 Å². The molecule has 2 aromatic rings. The fourth-order valence-electron chi connectivity index (χ4n) is 2.20. The lowest BCUT2D eigenvalue weighted by Crippen LogP contribution is -2.22. The second kappa shape index (κ2) is 5.49. The van der Waals surface area contributed by atoms with Crippen LogP contribution in [0.15, 0.2) is 54.6 Å². The number of para-hydroxylation sites is 1. The molecule has 0 aliphatic rings. The second-order valence-electron chi connectivity index (χ2n) is 5.99. The maximum atomic E-state index is 12.0. The van der Waals surface area contributed by atoms with E-state index in [4.69, 9.17) is 0 Å². The molecular weight excluding hydrogens is 246 g/mol. The molecule has 0 bridgehead atoms. The summed E-state index contributed by atoms with van der Waals surface area (Å²) < 4.78 is 0. The SMILES string of the molecule is CC(=O)N(c1ccccc1)c1ccc(C(C)(C)C)cc1. The minimum Gasteiger partial charge on any atom is -0.281 e. The van der Waals surface area contributed by atoms with Gasteiger partial charge >= 0.3 is 0 Å². The Morgan fingerprint density at radius 3 is 1.80 bits per heavy atom. The zero-order valence-corrected chi connectivity index (χ0v) is 12.6. The highest BCUT2D eigenvalue weighted by molar-refractivity contribution is 5.98. The molecule has 20 heavy (non-hydrogen) atoms. The highest BCUT2D eigenvalue weighted by atomic mass is 16.2. The molecule has 0 saturated carbocycles. The van der Waals surface area contributed by atoms with Crippen molar-refractivity contribution in [1.82, 2.24) is 0 Å². The van der Waals surface area contributed by atoms with Crippen LogP contribution in [0.3, 0.4) is 0 Å².